The van der Waals surface area contributed by atoms with Crippen molar-refractivity contribution in [1.82, 2.24) is 9.97 Å². The number of anilines is 2. The summed E-state index contributed by atoms with van der Waals surface area (Å²) in [5, 5.41) is 18.0. The first-order valence-corrected chi connectivity index (χ1v) is 8.70. The number of aromatic nitrogens is 2. The van der Waals surface area contributed by atoms with Crippen LogP contribution in [0.2, 0.25) is 0 Å². The lowest BCUT2D eigenvalue weighted by Gasteiger charge is -2.11. The SMILES string of the molecule is C=CCNc1nc(NCCCCCCC)nc2ccc([N+](=O)[O-])cc12. The van der Waals surface area contributed by atoms with E-state index in [1.807, 2.05) is 0 Å². The largest absolute Gasteiger partial charge is 0.366 e. The molecule has 0 amide bonds. The van der Waals surface area contributed by atoms with Gasteiger partial charge in [0.2, 0.25) is 5.95 Å². The molecular weight excluding hydrogens is 318 g/mol. The lowest BCUT2D eigenvalue weighted by Crippen LogP contribution is -2.09. The number of non-ortho nitro benzene ring substituents is 1. The smallest absolute Gasteiger partial charge is 0.270 e. The first-order chi connectivity index (χ1) is 12.2. The number of fused-ring (bicyclic) bond motifs is 1. The van der Waals surface area contributed by atoms with E-state index in [0.717, 1.165) is 13.0 Å². The predicted octanol–water partition coefficient (Wildman–Crippen LogP) is 4.52. The lowest BCUT2D eigenvalue weighted by molar-refractivity contribution is -0.384. The third-order valence-corrected chi connectivity index (χ3v) is 3.87. The van der Waals surface area contributed by atoms with E-state index in [1.165, 1.54) is 37.8 Å². The molecule has 0 spiro atoms. The number of hydrogen-bond acceptors (Lipinski definition) is 6. The molecule has 0 aliphatic heterocycles. The van der Waals surface area contributed by atoms with Crippen LogP contribution in [0.1, 0.15) is 39.0 Å². The molecule has 0 atom stereocenters. The number of hydrogen-bond donors (Lipinski definition) is 2. The van der Waals surface area contributed by atoms with Gasteiger partial charge in [-0.05, 0) is 12.5 Å². The number of nitro benzene ring substituents is 1. The summed E-state index contributed by atoms with van der Waals surface area (Å²) in [7, 11) is 0. The summed E-state index contributed by atoms with van der Waals surface area (Å²) in [6, 6.07) is 4.61. The molecule has 2 rings (SSSR count). The molecular formula is C18H25N5O2. The molecule has 134 valence electrons. The monoisotopic (exact) mass is 343 g/mol. The molecule has 2 aromatic rings. The standard InChI is InChI=1S/C18H25N5O2/c1-3-5-6-7-8-12-20-18-21-16-10-9-14(23(24)25)13-15(16)17(22-18)19-11-4-2/h4,9-10,13H,2-3,5-8,11-12H2,1H3,(H2,19,20,21,22). The molecule has 0 radical (unpaired) electrons. The Labute approximate surface area is 147 Å². The molecule has 7 nitrogen and oxygen atoms in total. The van der Waals surface area contributed by atoms with Gasteiger partial charge in [-0.25, -0.2) is 4.98 Å². The first kappa shape index (κ1) is 18.6. The number of unbranched alkanes of at least 4 members (excludes halogenated alkanes) is 4. The minimum Gasteiger partial charge on any atom is -0.366 e. The normalized spacial score (nSPS) is 10.6. The fourth-order valence-electron chi connectivity index (χ4n) is 2.54. The molecule has 1 aromatic heterocycles. The molecule has 1 aromatic carbocycles. The van der Waals surface area contributed by atoms with Crippen molar-refractivity contribution in [2.45, 2.75) is 39.0 Å². The van der Waals surface area contributed by atoms with Crippen molar-refractivity contribution in [2.75, 3.05) is 23.7 Å². The van der Waals surface area contributed by atoms with E-state index in [4.69, 9.17) is 0 Å². The minimum absolute atomic E-state index is 0.0226. The van der Waals surface area contributed by atoms with Gasteiger partial charge in [0.25, 0.3) is 5.69 Å². The van der Waals surface area contributed by atoms with E-state index < -0.39 is 4.92 Å². The average molecular weight is 343 g/mol. The van der Waals surface area contributed by atoms with Crippen LogP contribution in [0.15, 0.2) is 30.9 Å². The summed E-state index contributed by atoms with van der Waals surface area (Å²) in [6.45, 7) is 7.20. The van der Waals surface area contributed by atoms with Crippen LogP contribution in [-0.2, 0) is 0 Å². The first-order valence-electron chi connectivity index (χ1n) is 8.70. The van der Waals surface area contributed by atoms with E-state index in [1.54, 1.807) is 12.1 Å². The number of nitrogens with one attached hydrogen (secondary N) is 2. The summed E-state index contributed by atoms with van der Waals surface area (Å²) in [4.78, 5) is 19.5. The molecule has 1 heterocycles. The molecule has 25 heavy (non-hydrogen) atoms. The highest BCUT2D eigenvalue weighted by Gasteiger charge is 2.12. The van der Waals surface area contributed by atoms with Crippen molar-refractivity contribution in [1.29, 1.82) is 0 Å². The molecule has 2 N–H and O–H groups in total. The van der Waals surface area contributed by atoms with Crippen LogP contribution in [-0.4, -0.2) is 28.0 Å². The Hall–Kier alpha value is -2.70. The molecule has 0 bridgehead atoms. The van der Waals surface area contributed by atoms with Crippen LogP contribution >= 0.6 is 0 Å². The van der Waals surface area contributed by atoms with Gasteiger partial charge in [0.05, 0.1) is 10.4 Å². The Morgan fingerprint density at radius 3 is 2.72 bits per heavy atom. The topological polar surface area (TPSA) is 93.0 Å². The van der Waals surface area contributed by atoms with Crippen molar-refractivity contribution >= 4 is 28.4 Å². The lowest BCUT2D eigenvalue weighted by atomic mass is 10.1. The van der Waals surface area contributed by atoms with Gasteiger partial charge in [0.15, 0.2) is 0 Å². The quantitative estimate of drug-likeness (QED) is 0.270. The summed E-state index contributed by atoms with van der Waals surface area (Å²) in [5.41, 5.74) is 0.690. The second kappa shape index (κ2) is 9.56. The summed E-state index contributed by atoms with van der Waals surface area (Å²) in [5.74, 6) is 1.10. The average Bonchev–Trinajstić information content (AvgIpc) is 2.62. The molecule has 0 saturated carbocycles. The summed E-state index contributed by atoms with van der Waals surface area (Å²) in [6.07, 6.45) is 7.70. The second-order valence-electron chi connectivity index (χ2n) is 5.86. The van der Waals surface area contributed by atoms with Crippen molar-refractivity contribution in [3.05, 3.63) is 41.0 Å². The molecule has 7 heteroatoms. The van der Waals surface area contributed by atoms with E-state index in [-0.39, 0.29) is 5.69 Å². The van der Waals surface area contributed by atoms with Crippen molar-refractivity contribution in [3.8, 4) is 0 Å². The van der Waals surface area contributed by atoms with Gasteiger partial charge in [-0.1, -0.05) is 38.7 Å². The van der Waals surface area contributed by atoms with Gasteiger partial charge in [-0.15, -0.1) is 6.58 Å². The van der Waals surface area contributed by atoms with Crippen LogP contribution < -0.4 is 10.6 Å². The molecule has 0 aliphatic rings. The second-order valence-corrected chi connectivity index (χ2v) is 5.86. The Morgan fingerprint density at radius 1 is 1.20 bits per heavy atom. The zero-order valence-electron chi connectivity index (χ0n) is 14.6. The van der Waals surface area contributed by atoms with E-state index in [2.05, 4.69) is 34.1 Å². The Balaban J connectivity index is 2.16. The molecule has 0 unspecified atom stereocenters. The van der Waals surface area contributed by atoms with Crippen LogP contribution in [0.25, 0.3) is 10.9 Å². The predicted molar refractivity (Wildman–Crippen MR) is 102 cm³/mol. The third-order valence-electron chi connectivity index (χ3n) is 3.87. The summed E-state index contributed by atoms with van der Waals surface area (Å²) < 4.78 is 0. The van der Waals surface area contributed by atoms with Crippen LogP contribution in [0.4, 0.5) is 17.5 Å². The highest BCUT2D eigenvalue weighted by molar-refractivity contribution is 5.91. The van der Waals surface area contributed by atoms with Gasteiger partial charge in [-0.3, -0.25) is 10.1 Å². The van der Waals surface area contributed by atoms with Crippen molar-refractivity contribution < 1.29 is 4.92 Å². The maximum absolute atomic E-state index is 11.0. The fourth-order valence-corrected chi connectivity index (χ4v) is 2.54. The number of benzene rings is 1. The van der Waals surface area contributed by atoms with Gasteiger partial charge < -0.3 is 10.6 Å². The maximum Gasteiger partial charge on any atom is 0.270 e. The molecule has 0 aliphatic carbocycles. The Bertz CT molecular complexity index is 733. The summed E-state index contributed by atoms with van der Waals surface area (Å²) >= 11 is 0. The highest BCUT2D eigenvalue weighted by Crippen LogP contribution is 2.26. The van der Waals surface area contributed by atoms with Gasteiger partial charge in [0, 0.05) is 30.6 Å². The van der Waals surface area contributed by atoms with E-state index in [9.17, 15) is 10.1 Å². The number of nitrogens with zero attached hydrogens (tertiary/aromatic N) is 3. The Morgan fingerprint density at radius 2 is 2.00 bits per heavy atom. The highest BCUT2D eigenvalue weighted by atomic mass is 16.6. The van der Waals surface area contributed by atoms with E-state index in [0.29, 0.717) is 29.2 Å². The number of rotatable bonds is 11. The number of nitro groups is 1. The third kappa shape index (κ3) is 5.41. The zero-order chi connectivity index (χ0) is 18.1. The van der Waals surface area contributed by atoms with E-state index >= 15 is 0 Å². The maximum atomic E-state index is 11.0. The zero-order valence-corrected chi connectivity index (χ0v) is 14.6. The molecule has 0 fully saturated rings. The van der Waals surface area contributed by atoms with Gasteiger partial charge in [0.1, 0.15) is 5.82 Å². The molecule has 0 saturated heterocycles. The van der Waals surface area contributed by atoms with Gasteiger partial charge >= 0.3 is 0 Å². The van der Waals surface area contributed by atoms with Crippen LogP contribution in [0, 0.1) is 10.1 Å². The fraction of sp³-hybridized carbons (Fsp3) is 0.444. The van der Waals surface area contributed by atoms with Crippen molar-refractivity contribution in [3.63, 3.8) is 0 Å². The van der Waals surface area contributed by atoms with Gasteiger partial charge in [-0.2, -0.15) is 4.98 Å². The van der Waals surface area contributed by atoms with Crippen LogP contribution in [0.3, 0.4) is 0 Å². The van der Waals surface area contributed by atoms with Crippen molar-refractivity contribution in [2.24, 2.45) is 0 Å². The Kier molecular flexibility index (Phi) is 7.13. The van der Waals surface area contributed by atoms with Crippen LogP contribution in [0.5, 0.6) is 0 Å². The minimum atomic E-state index is -0.417.